The summed E-state index contributed by atoms with van der Waals surface area (Å²) in [6.45, 7) is 6.65. The van der Waals surface area contributed by atoms with Gasteiger partial charge in [0, 0.05) is 24.2 Å². The van der Waals surface area contributed by atoms with Gasteiger partial charge in [0.25, 0.3) is 0 Å². The Kier molecular flexibility index (Phi) is 2.61. The Bertz CT molecular complexity index is 380. The van der Waals surface area contributed by atoms with Crippen molar-refractivity contribution >= 4 is 0 Å². The van der Waals surface area contributed by atoms with Crippen LogP contribution in [0.5, 0.6) is 0 Å². The van der Waals surface area contributed by atoms with Crippen LogP contribution >= 0.6 is 0 Å². The molecule has 0 aliphatic heterocycles. The molecule has 1 aromatic heterocycles. The van der Waals surface area contributed by atoms with Crippen molar-refractivity contribution in [2.24, 2.45) is 12.8 Å². The molecule has 1 fully saturated rings. The molecular weight excluding hydrogens is 198 g/mol. The second-order valence-electron chi connectivity index (χ2n) is 6.29. The predicted molar refractivity (Wildman–Crippen MR) is 66.4 cm³/mol. The summed E-state index contributed by atoms with van der Waals surface area (Å²) in [5.74, 6) is 0. The first kappa shape index (κ1) is 11.6. The maximum Gasteiger partial charge on any atom is 0.0709 e. The summed E-state index contributed by atoms with van der Waals surface area (Å²) in [7, 11) is 1.99. The number of aryl methyl sites for hydroxylation is 2. The van der Waals surface area contributed by atoms with Gasteiger partial charge in [0.15, 0.2) is 0 Å². The topological polar surface area (TPSA) is 43.8 Å². The molecule has 90 valence electrons. The molecular formula is C13H23N3. The predicted octanol–water partition coefficient (Wildman–Crippen LogP) is 2.14. The Morgan fingerprint density at radius 2 is 2.06 bits per heavy atom. The van der Waals surface area contributed by atoms with Crippen molar-refractivity contribution in [3.63, 3.8) is 0 Å². The molecule has 3 nitrogen and oxygen atoms in total. The first-order chi connectivity index (χ1) is 7.30. The van der Waals surface area contributed by atoms with Crippen LogP contribution in [0.15, 0.2) is 6.20 Å². The van der Waals surface area contributed by atoms with E-state index in [9.17, 15) is 0 Å². The fraction of sp³-hybridized carbons (Fsp3) is 0.769. The minimum absolute atomic E-state index is 0.127. The Morgan fingerprint density at radius 3 is 2.56 bits per heavy atom. The Hall–Kier alpha value is -0.830. The lowest BCUT2D eigenvalue weighted by atomic mass is 9.88. The van der Waals surface area contributed by atoms with Gasteiger partial charge in [0.2, 0.25) is 0 Å². The van der Waals surface area contributed by atoms with Gasteiger partial charge in [0.1, 0.15) is 0 Å². The molecule has 0 atom stereocenters. The lowest BCUT2D eigenvalue weighted by Crippen LogP contribution is -2.23. The third-order valence-electron chi connectivity index (χ3n) is 3.40. The SMILES string of the molecule is Cn1cc(CCC2(N)CC2)c(C(C)(C)C)n1. The average Bonchev–Trinajstić information content (AvgIpc) is 2.73. The molecule has 0 unspecified atom stereocenters. The van der Waals surface area contributed by atoms with Gasteiger partial charge in [-0.3, -0.25) is 4.68 Å². The lowest BCUT2D eigenvalue weighted by molar-refractivity contribution is 0.541. The molecule has 16 heavy (non-hydrogen) atoms. The number of nitrogens with two attached hydrogens (primary N) is 1. The number of rotatable bonds is 3. The van der Waals surface area contributed by atoms with Crippen LogP contribution in [0.1, 0.15) is 51.3 Å². The van der Waals surface area contributed by atoms with Crippen LogP contribution in [0, 0.1) is 0 Å². The highest BCUT2D eigenvalue weighted by Crippen LogP contribution is 2.37. The summed E-state index contributed by atoms with van der Waals surface area (Å²) >= 11 is 0. The Balaban J connectivity index is 2.13. The second kappa shape index (κ2) is 3.59. The number of hydrogen-bond acceptors (Lipinski definition) is 2. The Labute approximate surface area is 98.0 Å². The first-order valence-corrected chi connectivity index (χ1v) is 6.12. The quantitative estimate of drug-likeness (QED) is 0.850. The van der Waals surface area contributed by atoms with E-state index in [1.54, 1.807) is 0 Å². The van der Waals surface area contributed by atoms with Crippen LogP contribution in [0.4, 0.5) is 0 Å². The zero-order chi connectivity index (χ0) is 12.0. The van der Waals surface area contributed by atoms with E-state index >= 15 is 0 Å². The van der Waals surface area contributed by atoms with Crippen LogP contribution in [0.3, 0.4) is 0 Å². The number of aromatic nitrogens is 2. The molecule has 0 bridgehead atoms. The van der Waals surface area contributed by atoms with Crippen LogP contribution in [-0.2, 0) is 18.9 Å². The van der Waals surface area contributed by atoms with E-state index in [0.717, 1.165) is 12.8 Å². The molecule has 3 heteroatoms. The molecule has 1 aliphatic carbocycles. The van der Waals surface area contributed by atoms with Crippen molar-refractivity contribution < 1.29 is 0 Å². The van der Waals surface area contributed by atoms with Gasteiger partial charge in [0.05, 0.1) is 5.69 Å². The van der Waals surface area contributed by atoms with Crippen molar-refractivity contribution in [2.75, 3.05) is 0 Å². The molecule has 1 saturated carbocycles. The molecule has 1 heterocycles. The number of nitrogens with zero attached hydrogens (tertiary/aromatic N) is 2. The smallest absolute Gasteiger partial charge is 0.0709 e. The molecule has 2 rings (SSSR count). The third kappa shape index (κ3) is 2.46. The van der Waals surface area contributed by atoms with Crippen LogP contribution in [0.2, 0.25) is 0 Å². The normalized spacial score (nSPS) is 18.8. The standard InChI is InChI=1S/C13H23N3/c1-12(2,3)11-10(9-16(4)15-11)5-6-13(14)7-8-13/h9H,5-8,14H2,1-4H3. The van der Waals surface area contributed by atoms with Crippen molar-refractivity contribution in [1.82, 2.24) is 9.78 Å². The van der Waals surface area contributed by atoms with Gasteiger partial charge in [-0.15, -0.1) is 0 Å². The minimum atomic E-state index is 0.127. The van der Waals surface area contributed by atoms with E-state index in [4.69, 9.17) is 5.73 Å². The minimum Gasteiger partial charge on any atom is -0.325 e. The number of hydrogen-bond donors (Lipinski definition) is 1. The first-order valence-electron chi connectivity index (χ1n) is 6.12. The largest absolute Gasteiger partial charge is 0.325 e. The molecule has 0 amide bonds. The lowest BCUT2D eigenvalue weighted by Gasteiger charge is -2.18. The summed E-state index contributed by atoms with van der Waals surface area (Å²) in [6.07, 6.45) is 6.70. The zero-order valence-corrected chi connectivity index (χ0v) is 10.9. The van der Waals surface area contributed by atoms with Gasteiger partial charge in [-0.1, -0.05) is 20.8 Å². The highest BCUT2D eigenvalue weighted by atomic mass is 15.3. The molecule has 1 aliphatic rings. The second-order valence-corrected chi connectivity index (χ2v) is 6.29. The van der Waals surface area contributed by atoms with Gasteiger partial charge in [-0.2, -0.15) is 5.10 Å². The van der Waals surface area contributed by atoms with E-state index in [0.29, 0.717) is 0 Å². The summed E-state index contributed by atoms with van der Waals surface area (Å²) < 4.78 is 1.92. The van der Waals surface area contributed by atoms with Crippen molar-refractivity contribution in [3.05, 3.63) is 17.5 Å². The third-order valence-corrected chi connectivity index (χ3v) is 3.40. The van der Waals surface area contributed by atoms with Crippen molar-refractivity contribution in [2.45, 2.75) is 57.4 Å². The maximum absolute atomic E-state index is 6.13. The van der Waals surface area contributed by atoms with E-state index in [2.05, 4.69) is 32.1 Å². The molecule has 0 spiro atoms. The van der Waals surface area contributed by atoms with Crippen LogP contribution < -0.4 is 5.73 Å². The van der Waals surface area contributed by atoms with Crippen LogP contribution in [-0.4, -0.2) is 15.3 Å². The summed E-state index contributed by atoms with van der Waals surface area (Å²) in [5, 5.41) is 4.58. The van der Waals surface area contributed by atoms with Gasteiger partial charge in [-0.25, -0.2) is 0 Å². The van der Waals surface area contributed by atoms with E-state index in [1.807, 2.05) is 11.7 Å². The summed E-state index contributed by atoms with van der Waals surface area (Å²) in [6, 6.07) is 0. The molecule has 0 saturated heterocycles. The fourth-order valence-corrected chi connectivity index (χ4v) is 2.15. The van der Waals surface area contributed by atoms with E-state index < -0.39 is 0 Å². The maximum atomic E-state index is 6.13. The van der Waals surface area contributed by atoms with Gasteiger partial charge >= 0.3 is 0 Å². The highest BCUT2D eigenvalue weighted by Gasteiger charge is 2.37. The fourth-order valence-electron chi connectivity index (χ4n) is 2.15. The molecule has 2 N–H and O–H groups in total. The van der Waals surface area contributed by atoms with Crippen molar-refractivity contribution in [3.8, 4) is 0 Å². The zero-order valence-electron chi connectivity index (χ0n) is 10.9. The van der Waals surface area contributed by atoms with E-state index in [1.165, 1.54) is 24.1 Å². The monoisotopic (exact) mass is 221 g/mol. The van der Waals surface area contributed by atoms with E-state index in [-0.39, 0.29) is 11.0 Å². The molecule has 0 radical (unpaired) electrons. The van der Waals surface area contributed by atoms with Gasteiger partial charge < -0.3 is 5.73 Å². The van der Waals surface area contributed by atoms with Crippen LogP contribution in [0.25, 0.3) is 0 Å². The molecule has 0 aromatic carbocycles. The average molecular weight is 221 g/mol. The molecule has 1 aromatic rings. The van der Waals surface area contributed by atoms with Gasteiger partial charge in [-0.05, 0) is 31.2 Å². The highest BCUT2D eigenvalue weighted by molar-refractivity contribution is 5.25. The Morgan fingerprint density at radius 1 is 1.44 bits per heavy atom. The van der Waals surface area contributed by atoms with Crippen molar-refractivity contribution in [1.29, 1.82) is 0 Å². The summed E-state index contributed by atoms with van der Waals surface area (Å²) in [5.41, 5.74) is 8.99. The summed E-state index contributed by atoms with van der Waals surface area (Å²) in [4.78, 5) is 0.